The molecule has 7 heteroatoms. The van der Waals surface area contributed by atoms with E-state index in [4.69, 9.17) is 4.74 Å². The standard InChI is InChI=1S/C20H24BrN3O3/c21-15-5-3-1-2-4-6-16-27-20-13-9-18(10-14-20)23-22-17-7-11-19(12-8-17)24(25)26/h7-14H,1-6,15-16H2. The van der Waals surface area contributed by atoms with Crippen molar-refractivity contribution in [1.29, 1.82) is 0 Å². The van der Waals surface area contributed by atoms with Crippen molar-refractivity contribution in [2.24, 2.45) is 10.2 Å². The lowest BCUT2D eigenvalue weighted by Gasteiger charge is -2.06. The molecule has 27 heavy (non-hydrogen) atoms. The van der Waals surface area contributed by atoms with E-state index < -0.39 is 4.92 Å². The van der Waals surface area contributed by atoms with Crippen molar-refractivity contribution >= 4 is 33.0 Å². The van der Waals surface area contributed by atoms with Gasteiger partial charge in [-0.25, -0.2) is 0 Å². The van der Waals surface area contributed by atoms with Gasteiger partial charge >= 0.3 is 0 Å². The van der Waals surface area contributed by atoms with Gasteiger partial charge in [-0.2, -0.15) is 10.2 Å². The summed E-state index contributed by atoms with van der Waals surface area (Å²) < 4.78 is 5.74. The first-order valence-corrected chi connectivity index (χ1v) is 10.3. The van der Waals surface area contributed by atoms with Crippen LogP contribution in [0.4, 0.5) is 17.1 Å². The summed E-state index contributed by atoms with van der Waals surface area (Å²) in [5.74, 6) is 0.823. The quantitative estimate of drug-likeness (QED) is 0.117. The van der Waals surface area contributed by atoms with Crippen LogP contribution in [0, 0.1) is 10.1 Å². The van der Waals surface area contributed by atoms with Crippen LogP contribution in [0.3, 0.4) is 0 Å². The van der Waals surface area contributed by atoms with Gasteiger partial charge in [-0.15, -0.1) is 0 Å². The predicted octanol–water partition coefficient (Wildman–Crippen LogP) is 7.12. The van der Waals surface area contributed by atoms with Crippen LogP contribution in [0.25, 0.3) is 0 Å². The third-order valence-electron chi connectivity index (χ3n) is 3.97. The molecule has 0 aliphatic heterocycles. The monoisotopic (exact) mass is 433 g/mol. The van der Waals surface area contributed by atoms with Gasteiger partial charge in [0.2, 0.25) is 0 Å². The number of nitro groups is 1. The Labute approximate surface area is 167 Å². The molecule has 0 aromatic heterocycles. The summed E-state index contributed by atoms with van der Waals surface area (Å²) in [5, 5.41) is 19.9. The van der Waals surface area contributed by atoms with Crippen LogP contribution in [-0.2, 0) is 0 Å². The number of rotatable bonds is 12. The second-order valence-corrected chi connectivity index (χ2v) is 6.92. The number of azo groups is 1. The fourth-order valence-corrected chi connectivity index (χ4v) is 2.86. The molecule has 0 saturated heterocycles. The average molecular weight is 434 g/mol. The summed E-state index contributed by atoms with van der Waals surface area (Å²) in [6.07, 6.45) is 7.37. The van der Waals surface area contributed by atoms with E-state index >= 15 is 0 Å². The van der Waals surface area contributed by atoms with E-state index in [1.807, 2.05) is 24.3 Å². The summed E-state index contributed by atoms with van der Waals surface area (Å²) in [6.45, 7) is 0.724. The fraction of sp³-hybridized carbons (Fsp3) is 0.400. The molecular weight excluding hydrogens is 410 g/mol. The van der Waals surface area contributed by atoms with E-state index in [0.29, 0.717) is 11.4 Å². The Morgan fingerprint density at radius 3 is 1.89 bits per heavy atom. The molecule has 0 atom stereocenters. The van der Waals surface area contributed by atoms with Gasteiger partial charge in [0.05, 0.1) is 22.9 Å². The fourth-order valence-electron chi connectivity index (χ4n) is 2.46. The summed E-state index contributed by atoms with van der Waals surface area (Å²) >= 11 is 3.45. The smallest absolute Gasteiger partial charge is 0.269 e. The van der Waals surface area contributed by atoms with Crippen molar-refractivity contribution in [3.63, 3.8) is 0 Å². The van der Waals surface area contributed by atoms with Gasteiger partial charge in [0.25, 0.3) is 5.69 Å². The number of benzene rings is 2. The first-order valence-electron chi connectivity index (χ1n) is 9.14. The summed E-state index contributed by atoms with van der Waals surface area (Å²) in [5.41, 5.74) is 1.30. The zero-order valence-corrected chi connectivity index (χ0v) is 16.8. The normalized spacial score (nSPS) is 11.0. The molecule has 2 aromatic rings. The Morgan fingerprint density at radius 1 is 0.815 bits per heavy atom. The zero-order valence-electron chi connectivity index (χ0n) is 15.2. The number of nitro benzene ring substituents is 1. The van der Waals surface area contributed by atoms with E-state index in [1.54, 1.807) is 12.1 Å². The molecule has 0 unspecified atom stereocenters. The van der Waals surface area contributed by atoms with Crippen LogP contribution >= 0.6 is 15.9 Å². The Hall–Kier alpha value is -2.28. The van der Waals surface area contributed by atoms with E-state index in [9.17, 15) is 10.1 Å². The molecule has 0 heterocycles. The van der Waals surface area contributed by atoms with E-state index in [-0.39, 0.29) is 5.69 Å². The van der Waals surface area contributed by atoms with Gasteiger partial charge < -0.3 is 4.74 Å². The topological polar surface area (TPSA) is 77.1 Å². The number of non-ortho nitro benzene ring substituents is 1. The Kier molecular flexibility index (Phi) is 9.48. The number of alkyl halides is 1. The van der Waals surface area contributed by atoms with Gasteiger partial charge in [0.15, 0.2) is 0 Å². The lowest BCUT2D eigenvalue weighted by molar-refractivity contribution is -0.384. The summed E-state index contributed by atoms with van der Waals surface area (Å²) in [4.78, 5) is 10.2. The highest BCUT2D eigenvalue weighted by molar-refractivity contribution is 9.09. The van der Waals surface area contributed by atoms with Gasteiger partial charge in [-0.05, 0) is 49.2 Å². The number of ether oxygens (including phenoxy) is 1. The minimum absolute atomic E-state index is 0.0365. The van der Waals surface area contributed by atoms with E-state index in [2.05, 4.69) is 26.2 Å². The first kappa shape index (κ1) is 21.0. The molecule has 0 aliphatic rings. The minimum Gasteiger partial charge on any atom is -0.494 e. The molecule has 2 aromatic carbocycles. The summed E-state index contributed by atoms with van der Waals surface area (Å²) in [7, 11) is 0. The van der Waals surface area contributed by atoms with Crippen molar-refractivity contribution in [2.75, 3.05) is 11.9 Å². The van der Waals surface area contributed by atoms with Gasteiger partial charge in [0.1, 0.15) is 5.75 Å². The Morgan fingerprint density at radius 2 is 1.33 bits per heavy atom. The SMILES string of the molecule is O=[N+]([O-])c1ccc(N=Nc2ccc(OCCCCCCCCBr)cc2)cc1. The highest BCUT2D eigenvalue weighted by atomic mass is 79.9. The average Bonchev–Trinajstić information content (AvgIpc) is 2.69. The second-order valence-electron chi connectivity index (χ2n) is 6.13. The molecule has 6 nitrogen and oxygen atoms in total. The highest BCUT2D eigenvalue weighted by Crippen LogP contribution is 2.23. The largest absolute Gasteiger partial charge is 0.494 e. The number of unbranched alkanes of at least 4 members (excludes halogenated alkanes) is 5. The highest BCUT2D eigenvalue weighted by Gasteiger charge is 2.03. The van der Waals surface area contributed by atoms with Gasteiger partial charge in [-0.3, -0.25) is 10.1 Å². The van der Waals surface area contributed by atoms with Crippen molar-refractivity contribution in [1.82, 2.24) is 0 Å². The van der Waals surface area contributed by atoms with Gasteiger partial charge in [-0.1, -0.05) is 41.6 Å². The summed E-state index contributed by atoms with van der Waals surface area (Å²) in [6, 6.07) is 13.4. The number of hydrogen-bond donors (Lipinski definition) is 0. The molecule has 0 spiro atoms. The minimum atomic E-state index is -0.440. The number of hydrogen-bond acceptors (Lipinski definition) is 5. The third kappa shape index (κ3) is 8.30. The maximum Gasteiger partial charge on any atom is 0.269 e. The number of nitrogens with zero attached hydrogens (tertiary/aromatic N) is 3. The molecule has 2 rings (SSSR count). The molecule has 0 saturated carbocycles. The lowest BCUT2D eigenvalue weighted by Crippen LogP contribution is -1.96. The maximum atomic E-state index is 10.6. The predicted molar refractivity (Wildman–Crippen MR) is 111 cm³/mol. The van der Waals surface area contributed by atoms with E-state index in [1.165, 1.54) is 44.2 Å². The molecule has 0 N–H and O–H groups in total. The molecule has 0 aliphatic carbocycles. The Bertz CT molecular complexity index is 718. The first-order chi connectivity index (χ1) is 13.2. The van der Waals surface area contributed by atoms with Crippen LogP contribution in [0.1, 0.15) is 38.5 Å². The van der Waals surface area contributed by atoms with Crippen molar-refractivity contribution in [2.45, 2.75) is 38.5 Å². The van der Waals surface area contributed by atoms with E-state index in [0.717, 1.165) is 24.1 Å². The zero-order chi connectivity index (χ0) is 19.3. The van der Waals surface area contributed by atoms with Crippen molar-refractivity contribution in [3.8, 4) is 5.75 Å². The Balaban J connectivity index is 1.70. The van der Waals surface area contributed by atoms with Gasteiger partial charge in [0, 0.05) is 17.5 Å². The third-order valence-corrected chi connectivity index (χ3v) is 4.54. The molecule has 0 amide bonds. The van der Waals surface area contributed by atoms with Crippen molar-refractivity contribution < 1.29 is 9.66 Å². The molecular formula is C20H24BrN3O3. The van der Waals surface area contributed by atoms with Crippen LogP contribution in [0.15, 0.2) is 58.8 Å². The molecule has 0 radical (unpaired) electrons. The van der Waals surface area contributed by atoms with Crippen LogP contribution in [-0.4, -0.2) is 16.9 Å². The van der Waals surface area contributed by atoms with Crippen molar-refractivity contribution in [3.05, 3.63) is 58.6 Å². The second kappa shape index (κ2) is 12.2. The van der Waals surface area contributed by atoms with Crippen LogP contribution in [0.2, 0.25) is 0 Å². The molecule has 0 fully saturated rings. The van der Waals surface area contributed by atoms with Crippen LogP contribution in [0.5, 0.6) is 5.75 Å². The maximum absolute atomic E-state index is 10.6. The lowest BCUT2D eigenvalue weighted by atomic mass is 10.1. The van der Waals surface area contributed by atoms with Crippen LogP contribution < -0.4 is 4.74 Å². The number of halogens is 1. The molecule has 144 valence electrons. The molecule has 0 bridgehead atoms.